The molecule has 0 aromatic heterocycles. The minimum Gasteiger partial charge on any atom is -0.494 e. The van der Waals surface area contributed by atoms with E-state index in [1.165, 1.54) is 43.5 Å². The maximum Gasteiger partial charge on any atom is 0.262 e. The van der Waals surface area contributed by atoms with Gasteiger partial charge in [-0.05, 0) is 67.1 Å². The van der Waals surface area contributed by atoms with Gasteiger partial charge in [-0.25, -0.2) is 21.2 Å². The largest absolute Gasteiger partial charge is 0.494 e. The Morgan fingerprint density at radius 3 is 2.10 bits per heavy atom. The lowest BCUT2D eigenvalue weighted by Crippen LogP contribution is -2.15. The fourth-order valence-electron chi connectivity index (χ4n) is 2.65. The number of ether oxygens (including phenoxy) is 1. The third-order valence-electron chi connectivity index (χ3n) is 4.36. The minimum atomic E-state index is -4.09. The zero-order chi connectivity index (χ0) is 22.8. The van der Waals surface area contributed by atoms with Crippen LogP contribution in [0.5, 0.6) is 5.75 Å². The van der Waals surface area contributed by atoms with Crippen LogP contribution in [0.1, 0.15) is 5.56 Å². The molecule has 11 heteroatoms. The number of anilines is 2. The van der Waals surface area contributed by atoms with E-state index in [0.29, 0.717) is 16.3 Å². The summed E-state index contributed by atoms with van der Waals surface area (Å²) in [6, 6.07) is 13.1. The predicted molar refractivity (Wildman–Crippen MR) is 117 cm³/mol. The summed E-state index contributed by atoms with van der Waals surface area (Å²) in [5, 5.41) is 0.417. The topological polar surface area (TPSA) is 102 Å². The lowest BCUT2D eigenvalue weighted by atomic mass is 10.2. The molecule has 3 aromatic carbocycles. The van der Waals surface area contributed by atoms with E-state index in [0.717, 1.165) is 6.07 Å². The second-order valence-electron chi connectivity index (χ2n) is 6.44. The molecular formula is C20H18ClFN2O5S2. The average molecular weight is 485 g/mol. The highest BCUT2D eigenvalue weighted by Crippen LogP contribution is 2.27. The van der Waals surface area contributed by atoms with Crippen LogP contribution in [0.4, 0.5) is 15.8 Å². The van der Waals surface area contributed by atoms with Crippen molar-refractivity contribution in [1.29, 1.82) is 0 Å². The summed E-state index contributed by atoms with van der Waals surface area (Å²) < 4.78 is 73.6. The second kappa shape index (κ2) is 8.74. The summed E-state index contributed by atoms with van der Waals surface area (Å²) in [6.07, 6.45) is 0. The third-order valence-corrected chi connectivity index (χ3v) is 7.53. The van der Waals surface area contributed by atoms with E-state index < -0.39 is 25.9 Å². The van der Waals surface area contributed by atoms with Crippen molar-refractivity contribution in [3.63, 3.8) is 0 Å². The van der Waals surface area contributed by atoms with Crippen LogP contribution >= 0.6 is 11.6 Å². The van der Waals surface area contributed by atoms with Crippen molar-refractivity contribution >= 4 is 43.0 Å². The molecule has 31 heavy (non-hydrogen) atoms. The Kier molecular flexibility index (Phi) is 6.44. The van der Waals surface area contributed by atoms with Crippen LogP contribution < -0.4 is 14.2 Å². The molecule has 0 radical (unpaired) electrons. The van der Waals surface area contributed by atoms with Crippen LogP contribution in [0.25, 0.3) is 0 Å². The molecule has 0 atom stereocenters. The van der Waals surface area contributed by atoms with Crippen molar-refractivity contribution < 1.29 is 26.0 Å². The molecule has 0 heterocycles. The molecule has 0 saturated heterocycles. The van der Waals surface area contributed by atoms with Crippen LogP contribution in [0.2, 0.25) is 5.02 Å². The van der Waals surface area contributed by atoms with Crippen molar-refractivity contribution in [2.24, 2.45) is 0 Å². The van der Waals surface area contributed by atoms with Crippen LogP contribution in [-0.2, 0) is 20.0 Å². The highest BCUT2D eigenvalue weighted by Gasteiger charge is 2.19. The SMILES string of the molecule is COc1ccc(S(=O)(=O)Nc2ccc(S(=O)(=O)Nc3cccc(Cl)c3C)cc2)cc1F. The smallest absolute Gasteiger partial charge is 0.262 e. The number of hydrogen-bond acceptors (Lipinski definition) is 5. The monoisotopic (exact) mass is 484 g/mol. The number of methoxy groups -OCH3 is 1. The summed E-state index contributed by atoms with van der Waals surface area (Å²) in [5.74, 6) is -0.912. The normalized spacial score (nSPS) is 11.7. The Morgan fingerprint density at radius 2 is 1.48 bits per heavy atom. The molecule has 0 amide bonds. The van der Waals surface area contributed by atoms with Gasteiger partial charge < -0.3 is 4.74 Å². The fraction of sp³-hybridized carbons (Fsp3) is 0.100. The van der Waals surface area contributed by atoms with Crippen LogP contribution in [-0.4, -0.2) is 23.9 Å². The second-order valence-corrected chi connectivity index (χ2v) is 10.2. The van der Waals surface area contributed by atoms with E-state index in [1.54, 1.807) is 25.1 Å². The molecule has 0 bridgehead atoms. The van der Waals surface area contributed by atoms with E-state index in [2.05, 4.69) is 9.44 Å². The maximum atomic E-state index is 13.8. The first kappa shape index (κ1) is 22.9. The summed E-state index contributed by atoms with van der Waals surface area (Å²) in [7, 11) is -6.75. The van der Waals surface area contributed by atoms with Gasteiger partial charge in [0.2, 0.25) is 0 Å². The molecule has 3 aromatic rings. The first-order valence-electron chi connectivity index (χ1n) is 8.78. The van der Waals surface area contributed by atoms with Gasteiger partial charge in [-0.1, -0.05) is 17.7 Å². The molecule has 0 aliphatic rings. The number of benzene rings is 3. The van der Waals surface area contributed by atoms with Crippen molar-refractivity contribution in [2.75, 3.05) is 16.6 Å². The number of hydrogen-bond donors (Lipinski definition) is 2. The molecule has 0 aliphatic carbocycles. The maximum absolute atomic E-state index is 13.8. The third kappa shape index (κ3) is 5.09. The van der Waals surface area contributed by atoms with Gasteiger partial charge in [-0.15, -0.1) is 0 Å². The minimum absolute atomic E-state index is 0.0784. The number of sulfonamides is 2. The average Bonchev–Trinajstić information content (AvgIpc) is 2.71. The Hall–Kier alpha value is -2.82. The molecule has 0 unspecified atom stereocenters. The van der Waals surface area contributed by atoms with Crippen molar-refractivity contribution in [3.8, 4) is 5.75 Å². The van der Waals surface area contributed by atoms with E-state index >= 15 is 0 Å². The number of nitrogens with one attached hydrogen (secondary N) is 2. The fourth-order valence-corrected chi connectivity index (χ4v) is 5.02. The molecule has 2 N–H and O–H groups in total. The zero-order valence-electron chi connectivity index (χ0n) is 16.4. The predicted octanol–water partition coefficient (Wildman–Crippen LogP) is 4.40. The molecule has 7 nitrogen and oxygen atoms in total. The Morgan fingerprint density at radius 1 is 0.871 bits per heavy atom. The Bertz CT molecular complexity index is 1330. The number of halogens is 2. The quantitative estimate of drug-likeness (QED) is 0.517. The van der Waals surface area contributed by atoms with Gasteiger partial charge in [-0.3, -0.25) is 9.44 Å². The zero-order valence-corrected chi connectivity index (χ0v) is 18.8. The lowest BCUT2D eigenvalue weighted by Gasteiger charge is -2.13. The van der Waals surface area contributed by atoms with Gasteiger partial charge in [-0.2, -0.15) is 0 Å². The van der Waals surface area contributed by atoms with Gasteiger partial charge >= 0.3 is 0 Å². The first-order chi connectivity index (χ1) is 14.5. The van der Waals surface area contributed by atoms with Gasteiger partial charge in [0.1, 0.15) is 0 Å². The molecule has 0 spiro atoms. The van der Waals surface area contributed by atoms with Gasteiger partial charge in [0.25, 0.3) is 20.0 Å². The molecule has 0 aliphatic heterocycles. The summed E-state index contributed by atoms with van der Waals surface area (Å²) in [4.78, 5) is -0.383. The van der Waals surface area contributed by atoms with Crippen molar-refractivity contribution in [2.45, 2.75) is 16.7 Å². The Labute approximate surface area is 184 Å². The van der Waals surface area contributed by atoms with Crippen molar-refractivity contribution in [3.05, 3.63) is 77.1 Å². The van der Waals surface area contributed by atoms with Crippen LogP contribution in [0, 0.1) is 12.7 Å². The van der Waals surface area contributed by atoms with Gasteiger partial charge in [0.05, 0.1) is 22.6 Å². The Balaban J connectivity index is 1.81. The van der Waals surface area contributed by atoms with E-state index in [1.807, 2.05) is 0 Å². The molecular weight excluding hydrogens is 467 g/mol. The molecule has 3 rings (SSSR count). The van der Waals surface area contributed by atoms with Gasteiger partial charge in [0.15, 0.2) is 11.6 Å². The molecule has 0 fully saturated rings. The van der Waals surface area contributed by atoms with Gasteiger partial charge in [0, 0.05) is 10.7 Å². The first-order valence-corrected chi connectivity index (χ1v) is 12.1. The summed E-state index contributed by atoms with van der Waals surface area (Å²) in [6.45, 7) is 1.68. The summed E-state index contributed by atoms with van der Waals surface area (Å²) >= 11 is 6.02. The van der Waals surface area contributed by atoms with Crippen LogP contribution in [0.3, 0.4) is 0 Å². The van der Waals surface area contributed by atoms with Crippen molar-refractivity contribution in [1.82, 2.24) is 0 Å². The standard InChI is InChI=1S/C20H18ClFN2O5S2/c1-13-17(21)4-3-5-19(13)24-30(25,26)15-8-6-14(7-9-15)23-31(27,28)16-10-11-20(29-2)18(22)12-16/h3-12,23-24H,1-2H3. The lowest BCUT2D eigenvalue weighted by molar-refractivity contribution is 0.385. The molecule has 164 valence electrons. The summed E-state index contributed by atoms with van der Waals surface area (Å²) in [5.41, 5.74) is 1.01. The van der Waals surface area contributed by atoms with E-state index in [9.17, 15) is 21.2 Å². The molecule has 0 saturated carbocycles. The van der Waals surface area contributed by atoms with E-state index in [-0.39, 0.29) is 21.2 Å². The highest BCUT2D eigenvalue weighted by molar-refractivity contribution is 7.93. The highest BCUT2D eigenvalue weighted by atomic mass is 35.5. The van der Waals surface area contributed by atoms with Crippen LogP contribution in [0.15, 0.2) is 70.5 Å². The number of rotatable bonds is 7. The van der Waals surface area contributed by atoms with E-state index in [4.69, 9.17) is 16.3 Å².